The summed E-state index contributed by atoms with van der Waals surface area (Å²) in [6.07, 6.45) is 3.03. The molecule has 0 bridgehead atoms. The maximum atomic E-state index is 11.4. The van der Waals surface area contributed by atoms with E-state index < -0.39 is 0 Å². The Balaban J connectivity index is 1.08. The van der Waals surface area contributed by atoms with Crippen molar-refractivity contribution in [1.82, 2.24) is 10.6 Å². The van der Waals surface area contributed by atoms with Crippen LogP contribution in [0.5, 0.6) is 11.5 Å². The van der Waals surface area contributed by atoms with Crippen LogP contribution in [0.3, 0.4) is 0 Å². The van der Waals surface area contributed by atoms with Crippen LogP contribution in [-0.4, -0.2) is 65.1 Å². The second-order valence-electron chi connectivity index (χ2n) is 11.8. The van der Waals surface area contributed by atoms with E-state index in [4.69, 9.17) is 18.9 Å². The minimum absolute atomic E-state index is 0.0391. The quantitative estimate of drug-likeness (QED) is 0.229. The summed E-state index contributed by atoms with van der Waals surface area (Å²) in [6.45, 7) is 8.43. The van der Waals surface area contributed by atoms with Crippen molar-refractivity contribution < 1.29 is 23.7 Å². The number of para-hydroxylation sites is 2. The van der Waals surface area contributed by atoms with Crippen molar-refractivity contribution in [3.05, 3.63) is 89.5 Å². The second-order valence-corrected chi connectivity index (χ2v) is 11.8. The smallest absolute Gasteiger partial charge is 0.216 e. The Morgan fingerprint density at radius 3 is 2.57 bits per heavy atom. The molecular weight excluding hydrogens is 554 g/mol. The summed E-state index contributed by atoms with van der Waals surface area (Å²) in [7, 11) is 1.68. The van der Waals surface area contributed by atoms with E-state index in [1.807, 2.05) is 24.3 Å². The van der Waals surface area contributed by atoms with E-state index in [0.717, 1.165) is 69.0 Å². The number of rotatable bonds is 15. The van der Waals surface area contributed by atoms with Crippen LogP contribution in [-0.2, 0) is 27.5 Å². The molecule has 2 fully saturated rings. The summed E-state index contributed by atoms with van der Waals surface area (Å²) in [5.41, 5.74) is 4.80. The highest BCUT2D eigenvalue weighted by molar-refractivity contribution is 5.72. The molecule has 0 aliphatic carbocycles. The first-order chi connectivity index (χ1) is 21.6. The van der Waals surface area contributed by atoms with Crippen molar-refractivity contribution in [2.45, 2.75) is 51.4 Å². The Morgan fingerprint density at radius 1 is 0.955 bits per heavy atom. The molecule has 2 saturated heterocycles. The van der Waals surface area contributed by atoms with Gasteiger partial charge in [0.1, 0.15) is 11.5 Å². The Labute approximate surface area is 262 Å². The number of nitrogens with zero attached hydrogens (tertiary/aromatic N) is 1. The molecule has 3 aromatic rings. The fourth-order valence-electron chi connectivity index (χ4n) is 6.20. The summed E-state index contributed by atoms with van der Waals surface area (Å²) < 4.78 is 23.8. The van der Waals surface area contributed by atoms with Gasteiger partial charge in [0.05, 0.1) is 39.6 Å². The molecule has 3 aromatic carbocycles. The highest BCUT2D eigenvalue weighted by Gasteiger charge is 2.28. The van der Waals surface area contributed by atoms with Crippen molar-refractivity contribution in [2.24, 2.45) is 5.92 Å². The predicted octanol–water partition coefficient (Wildman–Crippen LogP) is 5.31. The van der Waals surface area contributed by atoms with E-state index in [9.17, 15) is 4.79 Å². The minimum Gasteiger partial charge on any atom is -0.496 e. The van der Waals surface area contributed by atoms with E-state index in [2.05, 4.69) is 64.1 Å². The monoisotopic (exact) mass is 601 g/mol. The number of hydrogen-bond donors (Lipinski definition) is 2. The van der Waals surface area contributed by atoms with Gasteiger partial charge in [-0.15, -0.1) is 0 Å². The summed E-state index contributed by atoms with van der Waals surface area (Å²) >= 11 is 0. The van der Waals surface area contributed by atoms with E-state index >= 15 is 0 Å². The average Bonchev–Trinajstić information content (AvgIpc) is 3.54. The number of ether oxygens (including phenoxy) is 4. The maximum Gasteiger partial charge on any atom is 0.216 e. The molecule has 2 aliphatic heterocycles. The van der Waals surface area contributed by atoms with Gasteiger partial charge in [0.2, 0.25) is 5.91 Å². The van der Waals surface area contributed by atoms with Gasteiger partial charge in [-0.3, -0.25) is 4.79 Å². The average molecular weight is 602 g/mol. The number of carbonyl (C=O) groups excluding carboxylic acids is 1. The zero-order chi connectivity index (χ0) is 30.6. The maximum absolute atomic E-state index is 11.4. The van der Waals surface area contributed by atoms with E-state index in [1.54, 1.807) is 14.0 Å². The summed E-state index contributed by atoms with van der Waals surface area (Å²) in [6, 6.07) is 25.0. The van der Waals surface area contributed by atoms with Gasteiger partial charge in [0, 0.05) is 62.3 Å². The first-order valence-electron chi connectivity index (χ1n) is 15.9. The Morgan fingerprint density at radius 2 is 1.75 bits per heavy atom. The van der Waals surface area contributed by atoms with Crippen LogP contribution in [0.4, 0.5) is 5.69 Å². The van der Waals surface area contributed by atoms with Gasteiger partial charge in [-0.2, -0.15) is 0 Å². The van der Waals surface area contributed by atoms with Gasteiger partial charge in [-0.25, -0.2) is 0 Å². The molecule has 0 saturated carbocycles. The number of amides is 1. The van der Waals surface area contributed by atoms with Gasteiger partial charge in [-0.1, -0.05) is 48.5 Å². The number of nitrogens with one attached hydrogen (secondary N) is 2. The molecule has 2 N–H and O–H groups in total. The third-order valence-corrected chi connectivity index (χ3v) is 8.60. The lowest BCUT2D eigenvalue weighted by molar-refractivity contribution is -0.119. The lowest BCUT2D eigenvalue weighted by atomic mass is 9.87. The summed E-state index contributed by atoms with van der Waals surface area (Å²) in [5.74, 6) is 2.57. The largest absolute Gasteiger partial charge is 0.496 e. The molecule has 8 heteroatoms. The van der Waals surface area contributed by atoms with Gasteiger partial charge in [0.25, 0.3) is 0 Å². The van der Waals surface area contributed by atoms with Crippen molar-refractivity contribution >= 4 is 11.6 Å². The molecule has 0 aromatic heterocycles. The van der Waals surface area contributed by atoms with Crippen molar-refractivity contribution in [2.75, 3.05) is 57.9 Å². The first-order valence-corrected chi connectivity index (χ1v) is 15.9. The van der Waals surface area contributed by atoms with Crippen LogP contribution in [0.15, 0.2) is 72.8 Å². The van der Waals surface area contributed by atoms with Gasteiger partial charge in [0.15, 0.2) is 0 Å². The molecule has 1 amide bonds. The third kappa shape index (κ3) is 8.97. The van der Waals surface area contributed by atoms with E-state index in [0.29, 0.717) is 38.3 Å². The van der Waals surface area contributed by atoms with Crippen molar-refractivity contribution in [3.63, 3.8) is 0 Å². The Kier molecular flexibility index (Phi) is 11.9. The lowest BCUT2D eigenvalue weighted by Gasteiger charge is -2.33. The van der Waals surface area contributed by atoms with Gasteiger partial charge in [-0.05, 0) is 55.1 Å². The van der Waals surface area contributed by atoms with Crippen LogP contribution in [0.25, 0.3) is 0 Å². The highest BCUT2D eigenvalue weighted by atomic mass is 16.5. The Bertz CT molecular complexity index is 1320. The lowest BCUT2D eigenvalue weighted by Crippen LogP contribution is -2.41. The molecule has 0 spiro atoms. The van der Waals surface area contributed by atoms with Crippen LogP contribution >= 0.6 is 0 Å². The molecule has 2 aliphatic rings. The highest BCUT2D eigenvalue weighted by Crippen LogP contribution is 2.32. The molecule has 3 atom stereocenters. The SMILES string of the molecule is COc1ccccc1COCCCOc1ccc(C2CCNCC2OCc2ccccc2N2CC[C@H](CNC(C)=O)C2)cc1. The topological polar surface area (TPSA) is 81.3 Å². The minimum atomic E-state index is 0.0391. The molecule has 236 valence electrons. The van der Waals surface area contributed by atoms with Crippen LogP contribution in [0.2, 0.25) is 0 Å². The zero-order valence-corrected chi connectivity index (χ0v) is 26.1. The number of hydrogen-bond acceptors (Lipinski definition) is 7. The van der Waals surface area contributed by atoms with Crippen molar-refractivity contribution in [1.29, 1.82) is 0 Å². The van der Waals surface area contributed by atoms with Crippen LogP contribution < -0.4 is 25.0 Å². The van der Waals surface area contributed by atoms with Crippen LogP contribution in [0, 0.1) is 5.92 Å². The number of carbonyl (C=O) groups is 1. The van der Waals surface area contributed by atoms with Gasteiger partial charge < -0.3 is 34.5 Å². The number of anilines is 1. The molecular formula is C36H47N3O5. The fraction of sp³-hybridized carbons (Fsp3) is 0.472. The molecule has 5 rings (SSSR count). The van der Waals surface area contributed by atoms with E-state index in [1.165, 1.54) is 16.8 Å². The molecule has 2 unspecified atom stereocenters. The fourth-order valence-corrected chi connectivity index (χ4v) is 6.20. The van der Waals surface area contributed by atoms with Crippen molar-refractivity contribution in [3.8, 4) is 11.5 Å². The summed E-state index contributed by atoms with van der Waals surface area (Å²) in [4.78, 5) is 13.8. The molecule has 44 heavy (non-hydrogen) atoms. The van der Waals surface area contributed by atoms with E-state index in [-0.39, 0.29) is 12.0 Å². The third-order valence-electron chi connectivity index (χ3n) is 8.60. The Hall–Kier alpha value is -3.59. The zero-order valence-electron chi connectivity index (χ0n) is 26.1. The predicted molar refractivity (Wildman–Crippen MR) is 173 cm³/mol. The standard InChI is InChI=1S/C36H47N3O5/c1-27(40)38-22-28-17-19-39(24-28)34-10-5-3-8-30(34)26-44-36-23-37-18-16-33(36)29-12-14-32(15-13-29)43-21-7-20-42-25-31-9-4-6-11-35(31)41-2/h3-6,8-15,28,33,36-37H,7,16-26H2,1-2H3,(H,38,40)/t28-,33?,36?/m1/s1. The second kappa shape index (κ2) is 16.5. The summed E-state index contributed by atoms with van der Waals surface area (Å²) in [5, 5.41) is 6.51. The molecule has 0 radical (unpaired) electrons. The molecule has 8 nitrogen and oxygen atoms in total. The molecule has 2 heterocycles. The van der Waals surface area contributed by atoms with Gasteiger partial charge >= 0.3 is 0 Å². The number of piperidine rings is 1. The normalized spacial score (nSPS) is 20.0. The number of benzene rings is 3. The van der Waals surface area contributed by atoms with Crippen LogP contribution in [0.1, 0.15) is 48.8 Å². The first kappa shape index (κ1) is 31.8. The number of methoxy groups -OCH3 is 1.